The number of benzene rings is 3. The van der Waals surface area contributed by atoms with Gasteiger partial charge >= 0.3 is 0 Å². The Balaban J connectivity index is 1.75. The van der Waals surface area contributed by atoms with Gasteiger partial charge in [-0.3, -0.25) is 0 Å². The lowest BCUT2D eigenvalue weighted by molar-refractivity contribution is 0.918. The third kappa shape index (κ3) is 4.77. The maximum atomic E-state index is 4.12. The van der Waals surface area contributed by atoms with Crippen molar-refractivity contribution in [1.29, 1.82) is 0 Å². The van der Waals surface area contributed by atoms with Crippen LogP contribution in [0.2, 0.25) is 0 Å². The SMILES string of the molecule is C=C/C=C(\C=C)N(c1ccccc1)c1ccc(N(C2=CCCC=C2)c2ccccc2)c2c1SC(C)N2C. The highest BCUT2D eigenvalue weighted by Crippen LogP contribution is 2.55. The molecule has 0 radical (unpaired) electrons. The lowest BCUT2D eigenvalue weighted by Gasteiger charge is -2.33. The molecule has 0 saturated carbocycles. The van der Waals surface area contributed by atoms with Gasteiger partial charge in [0.1, 0.15) is 0 Å². The molecule has 0 bridgehead atoms. The highest BCUT2D eigenvalue weighted by atomic mass is 32.2. The first-order valence-electron chi connectivity index (χ1n) is 12.7. The third-order valence-electron chi connectivity index (χ3n) is 6.78. The van der Waals surface area contributed by atoms with Crippen molar-refractivity contribution in [2.45, 2.75) is 30.0 Å². The fourth-order valence-corrected chi connectivity index (χ4v) is 6.17. The molecule has 5 rings (SSSR count). The molecular formula is C33H33N3S. The van der Waals surface area contributed by atoms with Crippen LogP contribution in [0.15, 0.2) is 139 Å². The van der Waals surface area contributed by atoms with Crippen LogP contribution in [0.5, 0.6) is 0 Å². The molecule has 0 N–H and O–H groups in total. The summed E-state index contributed by atoms with van der Waals surface area (Å²) in [7, 11) is 2.20. The summed E-state index contributed by atoms with van der Waals surface area (Å²) in [6.07, 6.45) is 14.7. The predicted molar refractivity (Wildman–Crippen MR) is 162 cm³/mol. The number of allylic oxidation sites excluding steroid dienone is 6. The summed E-state index contributed by atoms with van der Waals surface area (Å²) in [5.41, 5.74) is 8.00. The summed E-state index contributed by atoms with van der Waals surface area (Å²) in [6.45, 7) is 10.3. The van der Waals surface area contributed by atoms with Crippen molar-refractivity contribution in [3.05, 3.63) is 134 Å². The van der Waals surface area contributed by atoms with Gasteiger partial charge in [0.25, 0.3) is 0 Å². The number of hydrogen-bond donors (Lipinski definition) is 0. The number of anilines is 5. The minimum atomic E-state index is 0.302. The number of hydrogen-bond acceptors (Lipinski definition) is 4. The van der Waals surface area contributed by atoms with Gasteiger partial charge in [-0.25, -0.2) is 0 Å². The number of para-hydroxylation sites is 2. The maximum absolute atomic E-state index is 4.12. The summed E-state index contributed by atoms with van der Waals surface area (Å²) < 4.78 is 0. The average Bonchev–Trinajstić information content (AvgIpc) is 3.25. The van der Waals surface area contributed by atoms with Crippen molar-refractivity contribution in [2.24, 2.45) is 0 Å². The fourth-order valence-electron chi connectivity index (χ4n) is 4.92. The van der Waals surface area contributed by atoms with Gasteiger partial charge in [0.05, 0.1) is 27.3 Å². The lowest BCUT2D eigenvalue weighted by atomic mass is 10.1. The predicted octanol–water partition coefficient (Wildman–Crippen LogP) is 9.34. The summed E-state index contributed by atoms with van der Waals surface area (Å²) in [4.78, 5) is 8.34. The zero-order valence-corrected chi connectivity index (χ0v) is 22.4. The first-order valence-corrected chi connectivity index (χ1v) is 13.6. The van der Waals surface area contributed by atoms with E-state index in [2.05, 4.69) is 127 Å². The monoisotopic (exact) mass is 503 g/mol. The molecule has 0 aromatic heterocycles. The van der Waals surface area contributed by atoms with Gasteiger partial charge in [0.15, 0.2) is 0 Å². The Labute approximate surface area is 225 Å². The zero-order valence-electron chi connectivity index (χ0n) is 21.5. The summed E-state index contributed by atoms with van der Waals surface area (Å²) in [5, 5.41) is 0.302. The Hall–Kier alpha value is -3.89. The molecule has 0 spiro atoms. The number of fused-ring (bicyclic) bond motifs is 1. The standard InChI is InChI=1S/C33H33N3S/c1-5-16-26(6-2)35(27-17-10-7-11-18-27)31-24-23-30(32-33(31)37-25(3)34(32)4)36(28-19-12-8-13-20-28)29-21-14-9-15-22-29/h5-8,10-14,16-25H,1-2,9,15H2,3-4H3/b26-16+. The van der Waals surface area contributed by atoms with E-state index in [0.717, 1.165) is 35.6 Å². The van der Waals surface area contributed by atoms with E-state index in [4.69, 9.17) is 0 Å². The van der Waals surface area contributed by atoms with Gasteiger partial charge < -0.3 is 14.7 Å². The Bertz CT molecular complexity index is 1370. The van der Waals surface area contributed by atoms with E-state index in [1.165, 1.54) is 22.0 Å². The molecule has 0 amide bonds. The van der Waals surface area contributed by atoms with Gasteiger partial charge in [-0.1, -0.05) is 79.5 Å². The van der Waals surface area contributed by atoms with Crippen molar-refractivity contribution < 1.29 is 0 Å². The van der Waals surface area contributed by atoms with Crippen LogP contribution in [0.1, 0.15) is 19.8 Å². The van der Waals surface area contributed by atoms with Crippen LogP contribution >= 0.6 is 11.8 Å². The van der Waals surface area contributed by atoms with Gasteiger partial charge in [-0.2, -0.15) is 0 Å². The molecule has 37 heavy (non-hydrogen) atoms. The minimum Gasteiger partial charge on any atom is -0.360 e. The molecule has 3 aromatic carbocycles. The second-order valence-corrected chi connectivity index (χ2v) is 10.4. The van der Waals surface area contributed by atoms with Crippen LogP contribution < -0.4 is 14.7 Å². The number of rotatable bonds is 8. The van der Waals surface area contributed by atoms with Crippen molar-refractivity contribution in [3.63, 3.8) is 0 Å². The summed E-state index contributed by atoms with van der Waals surface area (Å²) in [6, 6.07) is 25.7. The Morgan fingerprint density at radius 3 is 2.22 bits per heavy atom. The van der Waals surface area contributed by atoms with Crippen molar-refractivity contribution >= 4 is 40.2 Å². The van der Waals surface area contributed by atoms with E-state index >= 15 is 0 Å². The largest absolute Gasteiger partial charge is 0.360 e. The molecule has 1 aliphatic heterocycles. The van der Waals surface area contributed by atoms with Crippen molar-refractivity contribution in [3.8, 4) is 0 Å². The second-order valence-electron chi connectivity index (χ2n) is 9.09. The molecule has 3 aromatic rings. The lowest BCUT2D eigenvalue weighted by Crippen LogP contribution is -2.24. The summed E-state index contributed by atoms with van der Waals surface area (Å²) in [5.74, 6) is 0. The van der Waals surface area contributed by atoms with Crippen LogP contribution in [-0.2, 0) is 0 Å². The first-order chi connectivity index (χ1) is 18.1. The topological polar surface area (TPSA) is 9.72 Å². The van der Waals surface area contributed by atoms with Crippen LogP contribution in [0.4, 0.5) is 28.4 Å². The van der Waals surface area contributed by atoms with Crippen LogP contribution in [0, 0.1) is 0 Å². The quantitative estimate of drug-likeness (QED) is 0.283. The normalized spacial score (nSPS) is 16.7. The fraction of sp³-hybridized carbons (Fsp3) is 0.152. The molecule has 1 atom stereocenters. The van der Waals surface area contributed by atoms with E-state index in [9.17, 15) is 0 Å². The van der Waals surface area contributed by atoms with Crippen molar-refractivity contribution in [2.75, 3.05) is 21.7 Å². The summed E-state index contributed by atoms with van der Waals surface area (Å²) >= 11 is 1.90. The molecule has 1 unspecified atom stereocenters. The van der Waals surface area contributed by atoms with Crippen molar-refractivity contribution in [1.82, 2.24) is 0 Å². The average molecular weight is 504 g/mol. The zero-order chi connectivity index (χ0) is 25.8. The molecule has 2 aliphatic rings. The Kier molecular flexibility index (Phi) is 7.38. The Morgan fingerprint density at radius 2 is 1.59 bits per heavy atom. The number of thioether (sulfide) groups is 1. The highest BCUT2D eigenvalue weighted by Gasteiger charge is 2.34. The van der Waals surface area contributed by atoms with Gasteiger partial charge in [0, 0.05) is 29.8 Å². The highest BCUT2D eigenvalue weighted by molar-refractivity contribution is 8.00. The Morgan fingerprint density at radius 1 is 0.919 bits per heavy atom. The van der Waals surface area contributed by atoms with Crippen LogP contribution in [-0.4, -0.2) is 12.4 Å². The molecule has 0 fully saturated rings. The second kappa shape index (κ2) is 11.0. The maximum Gasteiger partial charge on any atom is 0.0777 e. The van der Waals surface area contributed by atoms with Crippen LogP contribution in [0.3, 0.4) is 0 Å². The van der Waals surface area contributed by atoms with E-state index < -0.39 is 0 Å². The molecule has 0 saturated heterocycles. The van der Waals surface area contributed by atoms with Gasteiger partial charge in [0.2, 0.25) is 0 Å². The van der Waals surface area contributed by atoms with E-state index in [0.29, 0.717) is 5.37 Å². The van der Waals surface area contributed by atoms with Gasteiger partial charge in [-0.15, -0.1) is 0 Å². The van der Waals surface area contributed by atoms with Crippen LogP contribution in [0.25, 0.3) is 0 Å². The van der Waals surface area contributed by atoms with E-state index in [1.807, 2.05) is 36.1 Å². The number of nitrogens with zero attached hydrogens (tertiary/aromatic N) is 3. The third-order valence-corrected chi connectivity index (χ3v) is 8.07. The first kappa shape index (κ1) is 24.8. The van der Waals surface area contributed by atoms with Gasteiger partial charge in [-0.05, 0) is 74.4 Å². The molecule has 1 heterocycles. The molecule has 186 valence electrons. The van der Waals surface area contributed by atoms with E-state index in [-0.39, 0.29) is 0 Å². The molecule has 1 aliphatic carbocycles. The molecule has 3 nitrogen and oxygen atoms in total. The minimum absolute atomic E-state index is 0.302. The smallest absolute Gasteiger partial charge is 0.0777 e. The molecule has 4 heteroatoms. The van der Waals surface area contributed by atoms with E-state index in [1.54, 1.807) is 0 Å². The molecular weight excluding hydrogens is 470 g/mol.